The molecule has 25 heavy (non-hydrogen) atoms. The van der Waals surface area contributed by atoms with Crippen molar-refractivity contribution in [3.05, 3.63) is 65.9 Å². The molecule has 1 aliphatic heterocycles. The Balaban J connectivity index is 1.91. The highest BCUT2D eigenvalue weighted by Crippen LogP contribution is 2.49. The van der Waals surface area contributed by atoms with E-state index in [2.05, 4.69) is 69.3 Å². The standard InChI is InChI=1S/C23H19NO/c1-13(2)17-10-16-8-9-24-22-19-11-15-6-4-5-7-18(15)14(3)23(19)25-20(12-17)21(16)22/h4-13H,1-3H3. The summed E-state index contributed by atoms with van der Waals surface area (Å²) in [6, 6.07) is 17.2. The van der Waals surface area contributed by atoms with E-state index in [0.717, 1.165) is 28.1 Å². The number of aryl methyl sites for hydroxylation is 1. The zero-order valence-electron chi connectivity index (χ0n) is 14.6. The predicted molar refractivity (Wildman–Crippen MR) is 104 cm³/mol. The molecule has 3 aromatic carbocycles. The fourth-order valence-corrected chi connectivity index (χ4v) is 3.85. The van der Waals surface area contributed by atoms with Crippen LogP contribution in [0.25, 0.3) is 32.8 Å². The van der Waals surface area contributed by atoms with Crippen LogP contribution < -0.4 is 4.74 Å². The van der Waals surface area contributed by atoms with Gasteiger partial charge in [-0.1, -0.05) is 44.2 Å². The maximum Gasteiger partial charge on any atom is 0.140 e. The Hall–Kier alpha value is -2.87. The summed E-state index contributed by atoms with van der Waals surface area (Å²) in [7, 11) is 0. The van der Waals surface area contributed by atoms with Crippen molar-refractivity contribution in [1.29, 1.82) is 0 Å². The Kier molecular flexibility index (Phi) is 2.93. The molecule has 0 N–H and O–H groups in total. The van der Waals surface area contributed by atoms with Gasteiger partial charge in [0, 0.05) is 17.3 Å². The van der Waals surface area contributed by atoms with E-state index in [1.165, 1.54) is 27.3 Å². The van der Waals surface area contributed by atoms with Crippen molar-refractivity contribution in [2.24, 2.45) is 0 Å². The summed E-state index contributed by atoms with van der Waals surface area (Å²) in [5, 5.41) is 4.78. The number of hydrogen-bond acceptors (Lipinski definition) is 2. The molecule has 1 aromatic heterocycles. The summed E-state index contributed by atoms with van der Waals surface area (Å²) < 4.78 is 6.44. The first kappa shape index (κ1) is 14.5. The molecular formula is C23H19NO. The molecule has 0 radical (unpaired) electrons. The molecule has 4 aromatic rings. The van der Waals surface area contributed by atoms with E-state index < -0.39 is 0 Å². The lowest BCUT2D eigenvalue weighted by molar-refractivity contribution is 0.482. The van der Waals surface area contributed by atoms with Crippen LogP contribution in [0, 0.1) is 6.92 Å². The topological polar surface area (TPSA) is 22.1 Å². The van der Waals surface area contributed by atoms with Crippen molar-refractivity contribution in [1.82, 2.24) is 4.98 Å². The summed E-state index contributed by atoms with van der Waals surface area (Å²) in [4.78, 5) is 4.72. The molecule has 0 spiro atoms. The van der Waals surface area contributed by atoms with Crippen LogP contribution in [0.15, 0.2) is 54.7 Å². The molecule has 2 heterocycles. The third kappa shape index (κ3) is 2.00. The number of rotatable bonds is 1. The second kappa shape index (κ2) is 5.06. The molecule has 0 fully saturated rings. The number of pyridine rings is 1. The lowest BCUT2D eigenvalue weighted by Crippen LogP contribution is -2.02. The summed E-state index contributed by atoms with van der Waals surface area (Å²) in [6.07, 6.45) is 1.91. The molecule has 5 rings (SSSR count). The van der Waals surface area contributed by atoms with E-state index in [1.54, 1.807) is 0 Å². The maximum atomic E-state index is 6.44. The minimum absolute atomic E-state index is 0.458. The van der Waals surface area contributed by atoms with Crippen LogP contribution in [0.3, 0.4) is 0 Å². The molecule has 0 atom stereocenters. The molecule has 0 aliphatic carbocycles. The van der Waals surface area contributed by atoms with Gasteiger partial charge in [-0.05, 0) is 52.8 Å². The number of fused-ring (bicyclic) bond motifs is 3. The number of hydrogen-bond donors (Lipinski definition) is 0. The summed E-state index contributed by atoms with van der Waals surface area (Å²) in [6.45, 7) is 6.57. The van der Waals surface area contributed by atoms with Gasteiger partial charge < -0.3 is 4.74 Å². The Morgan fingerprint density at radius 1 is 0.960 bits per heavy atom. The van der Waals surface area contributed by atoms with Gasteiger partial charge in [0.05, 0.1) is 11.1 Å². The zero-order chi connectivity index (χ0) is 17.1. The van der Waals surface area contributed by atoms with Crippen LogP contribution in [0.2, 0.25) is 0 Å². The van der Waals surface area contributed by atoms with Crippen LogP contribution in [-0.4, -0.2) is 4.98 Å². The van der Waals surface area contributed by atoms with Crippen LogP contribution in [-0.2, 0) is 0 Å². The molecule has 122 valence electrons. The van der Waals surface area contributed by atoms with Gasteiger partial charge in [-0.25, -0.2) is 0 Å². The van der Waals surface area contributed by atoms with Crippen LogP contribution >= 0.6 is 0 Å². The second-order valence-corrected chi connectivity index (χ2v) is 7.13. The summed E-state index contributed by atoms with van der Waals surface area (Å²) in [5.74, 6) is 2.32. The Morgan fingerprint density at radius 3 is 2.64 bits per heavy atom. The summed E-state index contributed by atoms with van der Waals surface area (Å²) in [5.41, 5.74) is 4.58. The Bertz CT molecular complexity index is 1160. The molecule has 2 heteroatoms. The first-order valence-corrected chi connectivity index (χ1v) is 8.76. The van der Waals surface area contributed by atoms with Crippen molar-refractivity contribution in [2.75, 3.05) is 0 Å². The van der Waals surface area contributed by atoms with Crippen molar-refractivity contribution < 1.29 is 4.74 Å². The highest BCUT2D eigenvalue weighted by molar-refractivity contribution is 6.05. The Labute approximate surface area is 147 Å². The molecule has 0 amide bonds. The lowest BCUT2D eigenvalue weighted by atomic mass is 9.92. The minimum Gasteiger partial charge on any atom is -0.456 e. The van der Waals surface area contributed by atoms with E-state index in [0.29, 0.717) is 5.92 Å². The summed E-state index contributed by atoms with van der Waals surface area (Å²) >= 11 is 0. The number of aromatic nitrogens is 1. The normalized spacial score (nSPS) is 12.5. The van der Waals surface area contributed by atoms with Gasteiger partial charge in [0.25, 0.3) is 0 Å². The molecule has 2 nitrogen and oxygen atoms in total. The fourth-order valence-electron chi connectivity index (χ4n) is 3.85. The maximum absolute atomic E-state index is 6.44. The molecule has 0 saturated heterocycles. The predicted octanol–water partition coefficient (Wildman–Crippen LogP) is 6.59. The SMILES string of the molecule is Cc1c2c(cc3ccccc13)-c1nccc3cc(C(C)C)cc(c13)O2. The van der Waals surface area contributed by atoms with Gasteiger partial charge in [-0.15, -0.1) is 0 Å². The number of nitrogens with zero attached hydrogens (tertiary/aromatic N) is 1. The minimum atomic E-state index is 0.458. The Morgan fingerprint density at radius 2 is 1.80 bits per heavy atom. The third-order valence-corrected chi connectivity index (χ3v) is 5.23. The van der Waals surface area contributed by atoms with E-state index in [4.69, 9.17) is 9.72 Å². The largest absolute Gasteiger partial charge is 0.456 e. The zero-order valence-corrected chi connectivity index (χ0v) is 14.6. The average molecular weight is 325 g/mol. The molecule has 0 unspecified atom stereocenters. The smallest absolute Gasteiger partial charge is 0.140 e. The van der Waals surface area contributed by atoms with Gasteiger partial charge in [0.2, 0.25) is 0 Å². The first-order valence-electron chi connectivity index (χ1n) is 8.76. The van der Waals surface area contributed by atoms with E-state index in [-0.39, 0.29) is 0 Å². The van der Waals surface area contributed by atoms with E-state index in [1.807, 2.05) is 6.20 Å². The van der Waals surface area contributed by atoms with E-state index >= 15 is 0 Å². The highest BCUT2D eigenvalue weighted by Gasteiger charge is 2.24. The van der Waals surface area contributed by atoms with Gasteiger partial charge in [-0.2, -0.15) is 0 Å². The van der Waals surface area contributed by atoms with Crippen molar-refractivity contribution in [3.63, 3.8) is 0 Å². The lowest BCUT2D eigenvalue weighted by Gasteiger charge is -2.24. The van der Waals surface area contributed by atoms with Crippen molar-refractivity contribution in [2.45, 2.75) is 26.7 Å². The van der Waals surface area contributed by atoms with Crippen LogP contribution in [0.5, 0.6) is 11.5 Å². The third-order valence-electron chi connectivity index (χ3n) is 5.23. The molecule has 0 bridgehead atoms. The number of benzene rings is 3. The quantitative estimate of drug-likeness (QED) is 0.347. The van der Waals surface area contributed by atoms with Crippen molar-refractivity contribution >= 4 is 21.5 Å². The van der Waals surface area contributed by atoms with Crippen molar-refractivity contribution in [3.8, 4) is 22.8 Å². The molecular weight excluding hydrogens is 306 g/mol. The average Bonchev–Trinajstić information content (AvgIpc) is 2.63. The van der Waals surface area contributed by atoms with Crippen LogP contribution in [0.4, 0.5) is 0 Å². The van der Waals surface area contributed by atoms with E-state index in [9.17, 15) is 0 Å². The fraction of sp³-hybridized carbons (Fsp3) is 0.174. The monoisotopic (exact) mass is 325 g/mol. The number of ether oxygens (including phenoxy) is 1. The van der Waals surface area contributed by atoms with Gasteiger partial charge in [0.1, 0.15) is 11.5 Å². The molecule has 1 aliphatic rings. The molecule has 0 saturated carbocycles. The second-order valence-electron chi connectivity index (χ2n) is 7.13. The van der Waals surface area contributed by atoms with Gasteiger partial charge in [0.15, 0.2) is 0 Å². The van der Waals surface area contributed by atoms with Crippen LogP contribution in [0.1, 0.15) is 30.9 Å². The highest BCUT2D eigenvalue weighted by atomic mass is 16.5. The van der Waals surface area contributed by atoms with Gasteiger partial charge in [-0.3, -0.25) is 4.98 Å². The van der Waals surface area contributed by atoms with Gasteiger partial charge >= 0.3 is 0 Å². The first-order chi connectivity index (χ1) is 12.1.